The van der Waals surface area contributed by atoms with Gasteiger partial charge >= 0.3 is 0 Å². The molecule has 0 aliphatic carbocycles. The van der Waals surface area contributed by atoms with Gasteiger partial charge in [0, 0.05) is 29.3 Å². The normalized spacial score (nSPS) is 11.2. The van der Waals surface area contributed by atoms with Crippen molar-refractivity contribution in [3.63, 3.8) is 0 Å². The van der Waals surface area contributed by atoms with Crippen LogP contribution in [0.2, 0.25) is 0 Å². The van der Waals surface area contributed by atoms with Crippen molar-refractivity contribution in [2.45, 2.75) is 46.3 Å². The zero-order valence-electron chi connectivity index (χ0n) is 16.8. The molecular weight excluding hydrogens is 422 g/mol. The third-order valence-corrected chi connectivity index (χ3v) is 4.37. The topological polar surface area (TPSA) is 72.5 Å². The minimum Gasteiger partial charge on any atom is -0.490 e. The summed E-state index contributed by atoms with van der Waals surface area (Å²) in [4.78, 5) is 16.3. The number of halogens is 1. The number of ether oxygens (including phenoxy) is 2. The summed E-state index contributed by atoms with van der Waals surface area (Å²) < 4.78 is 12.3. The van der Waals surface area contributed by atoms with Crippen molar-refractivity contribution >= 4 is 21.8 Å². The van der Waals surface area contributed by atoms with Crippen molar-refractivity contribution < 1.29 is 14.3 Å². The van der Waals surface area contributed by atoms with Crippen LogP contribution in [0.25, 0.3) is 0 Å². The molecule has 0 fully saturated rings. The van der Waals surface area contributed by atoms with E-state index in [0.29, 0.717) is 31.2 Å². The molecule has 0 saturated heterocycles. The minimum atomic E-state index is -0.299. The van der Waals surface area contributed by atoms with E-state index in [-0.39, 0.29) is 18.1 Å². The van der Waals surface area contributed by atoms with Crippen LogP contribution in [0, 0.1) is 0 Å². The summed E-state index contributed by atoms with van der Waals surface area (Å²) in [7, 11) is 0. The van der Waals surface area contributed by atoms with Crippen LogP contribution < -0.4 is 20.1 Å². The molecule has 0 aliphatic heterocycles. The quantitative estimate of drug-likeness (QED) is 0.608. The van der Waals surface area contributed by atoms with E-state index >= 15 is 0 Å². The van der Waals surface area contributed by atoms with E-state index in [1.807, 2.05) is 58.0 Å². The second-order valence-corrected chi connectivity index (χ2v) is 8.19. The van der Waals surface area contributed by atoms with E-state index in [0.717, 1.165) is 15.7 Å². The van der Waals surface area contributed by atoms with Gasteiger partial charge < -0.3 is 20.1 Å². The van der Waals surface area contributed by atoms with E-state index in [2.05, 4.69) is 31.5 Å². The van der Waals surface area contributed by atoms with Crippen LogP contribution in [0.4, 0.5) is 0 Å². The second-order valence-electron chi connectivity index (χ2n) is 7.33. The number of carbonyl (C=O) groups excluding carboxylic acids is 1. The van der Waals surface area contributed by atoms with Crippen LogP contribution in [0.1, 0.15) is 39.0 Å². The van der Waals surface area contributed by atoms with Crippen LogP contribution in [0.5, 0.6) is 11.5 Å². The molecule has 152 valence electrons. The highest BCUT2D eigenvalue weighted by Gasteiger charge is 2.16. The van der Waals surface area contributed by atoms with Gasteiger partial charge in [0.25, 0.3) is 5.91 Å². The first-order valence-electron chi connectivity index (χ1n) is 9.28. The van der Waals surface area contributed by atoms with Crippen molar-refractivity contribution in [3.05, 3.63) is 52.3 Å². The number of nitrogens with one attached hydrogen (secondary N) is 2. The molecule has 1 heterocycles. The Bertz CT molecular complexity index is 776. The van der Waals surface area contributed by atoms with E-state index in [4.69, 9.17) is 9.47 Å². The second kappa shape index (κ2) is 10.4. The van der Waals surface area contributed by atoms with E-state index < -0.39 is 0 Å². The number of hydrogen-bond acceptors (Lipinski definition) is 5. The lowest BCUT2D eigenvalue weighted by Gasteiger charge is -2.21. The summed E-state index contributed by atoms with van der Waals surface area (Å²) >= 11 is 3.58. The van der Waals surface area contributed by atoms with Gasteiger partial charge in [-0.15, -0.1) is 0 Å². The summed E-state index contributed by atoms with van der Waals surface area (Å²) in [6.45, 7) is 9.45. The molecule has 6 nitrogen and oxygen atoms in total. The fourth-order valence-corrected chi connectivity index (χ4v) is 2.98. The highest BCUT2D eigenvalue weighted by Crippen LogP contribution is 2.34. The first-order chi connectivity index (χ1) is 13.3. The molecule has 0 radical (unpaired) electrons. The average molecular weight is 450 g/mol. The molecular formula is C21H28BrN3O3. The molecule has 2 aromatic rings. The SMILES string of the molecule is CCOc1cc(CNCc2ccccn2)c(Br)cc1OCC(=O)NC(C)(C)C. The van der Waals surface area contributed by atoms with Crippen LogP contribution in [0.15, 0.2) is 41.0 Å². The number of amides is 1. The Morgan fingerprint density at radius 2 is 1.89 bits per heavy atom. The Morgan fingerprint density at radius 3 is 2.54 bits per heavy atom. The van der Waals surface area contributed by atoms with Gasteiger partial charge in [0.05, 0.1) is 12.3 Å². The maximum absolute atomic E-state index is 12.0. The average Bonchev–Trinajstić information content (AvgIpc) is 2.62. The number of hydrogen-bond donors (Lipinski definition) is 2. The van der Waals surface area contributed by atoms with Crippen LogP contribution in [0.3, 0.4) is 0 Å². The fraction of sp³-hybridized carbons (Fsp3) is 0.429. The van der Waals surface area contributed by atoms with Gasteiger partial charge in [-0.25, -0.2) is 0 Å². The Hall–Kier alpha value is -2.12. The maximum Gasteiger partial charge on any atom is 0.258 e. The van der Waals surface area contributed by atoms with Crippen molar-refractivity contribution in [2.75, 3.05) is 13.2 Å². The van der Waals surface area contributed by atoms with Gasteiger partial charge in [0.2, 0.25) is 0 Å². The van der Waals surface area contributed by atoms with Gasteiger partial charge in [0.15, 0.2) is 18.1 Å². The van der Waals surface area contributed by atoms with Crippen LogP contribution in [-0.4, -0.2) is 29.6 Å². The fourth-order valence-electron chi connectivity index (χ4n) is 2.52. The third kappa shape index (κ3) is 7.48. The lowest BCUT2D eigenvalue weighted by atomic mass is 10.1. The van der Waals surface area contributed by atoms with Gasteiger partial charge in [0.1, 0.15) is 0 Å². The zero-order chi connectivity index (χ0) is 20.6. The predicted molar refractivity (Wildman–Crippen MR) is 113 cm³/mol. The Morgan fingerprint density at radius 1 is 1.14 bits per heavy atom. The highest BCUT2D eigenvalue weighted by atomic mass is 79.9. The minimum absolute atomic E-state index is 0.0684. The number of aromatic nitrogens is 1. The molecule has 28 heavy (non-hydrogen) atoms. The standard InChI is InChI=1S/C21H28BrN3O3/c1-5-27-18-10-15(12-23-13-16-8-6-7-9-24-16)17(22)11-19(18)28-14-20(26)25-21(2,3)4/h6-11,23H,5,12-14H2,1-4H3,(H,25,26). The van der Waals surface area contributed by atoms with Crippen molar-refractivity contribution in [1.82, 2.24) is 15.6 Å². The highest BCUT2D eigenvalue weighted by molar-refractivity contribution is 9.10. The van der Waals surface area contributed by atoms with E-state index in [9.17, 15) is 4.79 Å². The van der Waals surface area contributed by atoms with Gasteiger partial charge in [-0.2, -0.15) is 0 Å². The van der Waals surface area contributed by atoms with Crippen molar-refractivity contribution in [2.24, 2.45) is 0 Å². The first-order valence-corrected chi connectivity index (χ1v) is 10.1. The van der Waals surface area contributed by atoms with Crippen LogP contribution >= 0.6 is 15.9 Å². The summed E-state index contributed by atoms with van der Waals surface area (Å²) in [6, 6.07) is 9.61. The molecule has 0 atom stereocenters. The monoisotopic (exact) mass is 449 g/mol. The first kappa shape index (κ1) is 22.2. The molecule has 0 saturated carbocycles. The van der Waals surface area contributed by atoms with E-state index in [1.165, 1.54) is 0 Å². The lowest BCUT2D eigenvalue weighted by Crippen LogP contribution is -2.43. The lowest BCUT2D eigenvalue weighted by molar-refractivity contribution is -0.124. The molecule has 0 unspecified atom stereocenters. The molecule has 2 rings (SSSR count). The molecule has 1 aromatic carbocycles. The molecule has 2 N–H and O–H groups in total. The predicted octanol–water partition coefficient (Wildman–Crippen LogP) is 3.83. The number of pyridine rings is 1. The molecule has 0 bridgehead atoms. The summed E-state index contributed by atoms with van der Waals surface area (Å²) in [5.74, 6) is 0.974. The zero-order valence-corrected chi connectivity index (χ0v) is 18.4. The van der Waals surface area contributed by atoms with Crippen molar-refractivity contribution in [1.29, 1.82) is 0 Å². The Kier molecular flexibility index (Phi) is 8.26. The Labute approximate surface area is 175 Å². The largest absolute Gasteiger partial charge is 0.490 e. The number of carbonyl (C=O) groups is 1. The third-order valence-electron chi connectivity index (χ3n) is 3.63. The summed E-state index contributed by atoms with van der Waals surface area (Å²) in [6.07, 6.45) is 1.78. The number of rotatable bonds is 9. The number of benzene rings is 1. The summed E-state index contributed by atoms with van der Waals surface area (Å²) in [5, 5.41) is 6.25. The van der Waals surface area contributed by atoms with Gasteiger partial charge in [-0.05, 0) is 57.5 Å². The smallest absolute Gasteiger partial charge is 0.258 e. The van der Waals surface area contributed by atoms with Crippen molar-refractivity contribution in [3.8, 4) is 11.5 Å². The maximum atomic E-state index is 12.0. The molecule has 0 aliphatic rings. The molecule has 1 aromatic heterocycles. The van der Waals surface area contributed by atoms with E-state index in [1.54, 1.807) is 6.20 Å². The molecule has 0 spiro atoms. The van der Waals surface area contributed by atoms with Crippen LogP contribution in [-0.2, 0) is 17.9 Å². The Balaban J connectivity index is 2.02. The molecule has 7 heteroatoms. The molecule has 1 amide bonds. The number of nitrogens with zero attached hydrogens (tertiary/aromatic N) is 1. The summed E-state index contributed by atoms with van der Waals surface area (Å²) in [5.41, 5.74) is 1.71. The van der Waals surface area contributed by atoms with Gasteiger partial charge in [-0.3, -0.25) is 9.78 Å². The van der Waals surface area contributed by atoms with Gasteiger partial charge in [-0.1, -0.05) is 22.0 Å².